The Kier molecular flexibility index (Phi) is 6.15. The van der Waals surface area contributed by atoms with E-state index in [1.54, 1.807) is 0 Å². The normalized spacial score (nSPS) is 12.7. The van der Waals surface area contributed by atoms with Gasteiger partial charge in [-0.3, -0.25) is 0 Å². The second-order valence-corrected chi connectivity index (χ2v) is 5.25. The zero-order valence-corrected chi connectivity index (χ0v) is 10.9. The van der Waals surface area contributed by atoms with Gasteiger partial charge in [-0.15, -0.1) is 0 Å². The van der Waals surface area contributed by atoms with Crippen molar-refractivity contribution < 1.29 is 0 Å². The van der Waals surface area contributed by atoms with Crippen LogP contribution in [0.5, 0.6) is 0 Å². The van der Waals surface area contributed by atoms with Gasteiger partial charge in [0.25, 0.3) is 0 Å². The molecule has 0 spiro atoms. The standard InChI is InChI=1S/C12H18ClNS/c1-3-15-9-8-14-10(2)11-4-6-12(13)7-5-11/h4-7,10,14H,3,8-9H2,1-2H3. The van der Waals surface area contributed by atoms with Gasteiger partial charge in [0.15, 0.2) is 0 Å². The fourth-order valence-electron chi connectivity index (χ4n) is 1.36. The molecule has 1 aromatic rings. The lowest BCUT2D eigenvalue weighted by Crippen LogP contribution is -2.21. The molecule has 0 radical (unpaired) electrons. The van der Waals surface area contributed by atoms with Crippen molar-refractivity contribution in [2.24, 2.45) is 0 Å². The molecule has 15 heavy (non-hydrogen) atoms. The van der Waals surface area contributed by atoms with Gasteiger partial charge < -0.3 is 5.32 Å². The van der Waals surface area contributed by atoms with Crippen LogP contribution in [0.15, 0.2) is 24.3 Å². The van der Waals surface area contributed by atoms with Gasteiger partial charge in [-0.2, -0.15) is 11.8 Å². The highest BCUT2D eigenvalue weighted by Crippen LogP contribution is 2.15. The topological polar surface area (TPSA) is 12.0 Å². The second-order valence-electron chi connectivity index (χ2n) is 3.42. The number of nitrogens with one attached hydrogen (secondary N) is 1. The SMILES string of the molecule is CCSCCNC(C)c1ccc(Cl)cc1. The molecule has 1 aromatic carbocycles. The van der Waals surface area contributed by atoms with Crippen molar-refractivity contribution in [2.75, 3.05) is 18.1 Å². The quantitative estimate of drug-likeness (QED) is 0.764. The number of rotatable bonds is 6. The second kappa shape index (κ2) is 7.15. The summed E-state index contributed by atoms with van der Waals surface area (Å²) in [6.45, 7) is 5.43. The maximum atomic E-state index is 5.84. The molecule has 0 amide bonds. The van der Waals surface area contributed by atoms with Crippen LogP contribution in [0.3, 0.4) is 0 Å². The van der Waals surface area contributed by atoms with Gasteiger partial charge in [-0.25, -0.2) is 0 Å². The van der Waals surface area contributed by atoms with Crippen LogP contribution >= 0.6 is 23.4 Å². The first kappa shape index (κ1) is 12.9. The molecule has 1 nitrogen and oxygen atoms in total. The summed E-state index contributed by atoms with van der Waals surface area (Å²) in [4.78, 5) is 0. The first-order valence-electron chi connectivity index (χ1n) is 5.30. The van der Waals surface area contributed by atoms with Crippen molar-refractivity contribution in [3.8, 4) is 0 Å². The summed E-state index contributed by atoms with van der Waals surface area (Å²) in [5, 5.41) is 4.29. The molecule has 1 rings (SSSR count). The maximum absolute atomic E-state index is 5.84. The Bertz CT molecular complexity index is 273. The molecule has 0 aromatic heterocycles. The lowest BCUT2D eigenvalue weighted by molar-refractivity contribution is 0.601. The zero-order chi connectivity index (χ0) is 11.1. The first-order valence-corrected chi connectivity index (χ1v) is 6.84. The summed E-state index contributed by atoms with van der Waals surface area (Å²) in [5.74, 6) is 2.37. The number of benzene rings is 1. The Labute approximate surface area is 102 Å². The van der Waals surface area contributed by atoms with Crippen molar-refractivity contribution in [2.45, 2.75) is 19.9 Å². The number of hydrogen-bond acceptors (Lipinski definition) is 2. The van der Waals surface area contributed by atoms with Crippen molar-refractivity contribution in [1.29, 1.82) is 0 Å². The Morgan fingerprint density at radius 2 is 2.00 bits per heavy atom. The van der Waals surface area contributed by atoms with Crippen LogP contribution < -0.4 is 5.32 Å². The Morgan fingerprint density at radius 1 is 1.33 bits per heavy atom. The van der Waals surface area contributed by atoms with Crippen LogP contribution in [0.25, 0.3) is 0 Å². The summed E-state index contributed by atoms with van der Waals surface area (Å²) in [6, 6.07) is 8.44. The monoisotopic (exact) mass is 243 g/mol. The summed E-state index contributed by atoms with van der Waals surface area (Å²) < 4.78 is 0. The van der Waals surface area contributed by atoms with E-state index in [1.807, 2.05) is 23.9 Å². The van der Waals surface area contributed by atoms with Crippen LogP contribution in [0.2, 0.25) is 5.02 Å². The molecule has 0 aliphatic carbocycles. The molecule has 0 saturated heterocycles. The van der Waals surface area contributed by atoms with E-state index in [1.165, 1.54) is 17.1 Å². The molecule has 0 saturated carbocycles. The lowest BCUT2D eigenvalue weighted by atomic mass is 10.1. The minimum Gasteiger partial charge on any atom is -0.309 e. The number of halogens is 1. The van der Waals surface area contributed by atoms with Crippen molar-refractivity contribution >= 4 is 23.4 Å². The van der Waals surface area contributed by atoms with E-state index in [9.17, 15) is 0 Å². The minimum atomic E-state index is 0.403. The Morgan fingerprint density at radius 3 is 2.60 bits per heavy atom. The van der Waals surface area contributed by atoms with Gasteiger partial charge in [0.05, 0.1) is 0 Å². The average molecular weight is 244 g/mol. The highest BCUT2D eigenvalue weighted by Gasteiger charge is 2.03. The summed E-state index contributed by atoms with van der Waals surface area (Å²) in [7, 11) is 0. The molecule has 0 bridgehead atoms. The third-order valence-electron chi connectivity index (χ3n) is 2.27. The fourth-order valence-corrected chi connectivity index (χ4v) is 2.04. The van der Waals surface area contributed by atoms with E-state index in [0.717, 1.165) is 11.6 Å². The van der Waals surface area contributed by atoms with E-state index >= 15 is 0 Å². The van der Waals surface area contributed by atoms with Gasteiger partial charge in [0.2, 0.25) is 0 Å². The third kappa shape index (κ3) is 4.92. The predicted octanol–water partition coefficient (Wildman–Crippen LogP) is 3.74. The molecule has 0 aliphatic rings. The van der Waals surface area contributed by atoms with Crippen molar-refractivity contribution in [3.63, 3.8) is 0 Å². The Balaban J connectivity index is 2.33. The molecule has 0 heterocycles. The molecule has 84 valence electrons. The van der Waals surface area contributed by atoms with Crippen LogP contribution in [-0.2, 0) is 0 Å². The van der Waals surface area contributed by atoms with E-state index in [4.69, 9.17) is 11.6 Å². The highest BCUT2D eigenvalue weighted by atomic mass is 35.5. The predicted molar refractivity (Wildman–Crippen MR) is 70.9 cm³/mol. The van der Waals surface area contributed by atoms with Gasteiger partial charge in [-0.1, -0.05) is 30.7 Å². The van der Waals surface area contributed by atoms with Crippen LogP contribution in [0.1, 0.15) is 25.5 Å². The van der Waals surface area contributed by atoms with Crippen molar-refractivity contribution in [1.82, 2.24) is 5.32 Å². The van der Waals surface area contributed by atoms with Gasteiger partial charge in [-0.05, 0) is 30.4 Å². The fraction of sp³-hybridized carbons (Fsp3) is 0.500. The molecule has 1 unspecified atom stereocenters. The van der Waals surface area contributed by atoms with Gasteiger partial charge >= 0.3 is 0 Å². The van der Waals surface area contributed by atoms with E-state index < -0.39 is 0 Å². The smallest absolute Gasteiger partial charge is 0.0406 e. The maximum Gasteiger partial charge on any atom is 0.0406 e. The average Bonchev–Trinajstić information content (AvgIpc) is 2.25. The highest BCUT2D eigenvalue weighted by molar-refractivity contribution is 7.99. The van der Waals surface area contributed by atoms with Crippen LogP contribution in [0, 0.1) is 0 Å². The third-order valence-corrected chi connectivity index (χ3v) is 3.42. The zero-order valence-electron chi connectivity index (χ0n) is 9.29. The summed E-state index contributed by atoms with van der Waals surface area (Å²) in [5.41, 5.74) is 1.29. The van der Waals surface area contributed by atoms with Gasteiger partial charge in [0.1, 0.15) is 0 Å². The lowest BCUT2D eigenvalue weighted by Gasteiger charge is -2.13. The molecule has 0 fully saturated rings. The summed E-state index contributed by atoms with van der Waals surface area (Å²) >= 11 is 7.80. The molecular weight excluding hydrogens is 226 g/mol. The van der Waals surface area contributed by atoms with E-state index in [0.29, 0.717) is 6.04 Å². The van der Waals surface area contributed by atoms with Crippen molar-refractivity contribution in [3.05, 3.63) is 34.9 Å². The molecule has 3 heteroatoms. The number of hydrogen-bond donors (Lipinski definition) is 1. The molecule has 1 N–H and O–H groups in total. The Hall–Kier alpha value is -0.180. The first-order chi connectivity index (χ1) is 7.24. The van der Waals surface area contributed by atoms with Crippen LogP contribution in [-0.4, -0.2) is 18.1 Å². The summed E-state index contributed by atoms with van der Waals surface area (Å²) in [6.07, 6.45) is 0. The largest absolute Gasteiger partial charge is 0.309 e. The van der Waals surface area contributed by atoms with E-state index in [2.05, 4.69) is 31.3 Å². The van der Waals surface area contributed by atoms with E-state index in [-0.39, 0.29) is 0 Å². The van der Waals surface area contributed by atoms with Crippen LogP contribution in [0.4, 0.5) is 0 Å². The minimum absolute atomic E-state index is 0.403. The molecule has 1 atom stereocenters. The van der Waals surface area contributed by atoms with Gasteiger partial charge in [0, 0.05) is 23.4 Å². The molecular formula is C12H18ClNS. The number of thioether (sulfide) groups is 1. The molecule has 0 aliphatic heterocycles.